The Labute approximate surface area is 327 Å². The van der Waals surface area contributed by atoms with Crippen molar-refractivity contribution in [1.82, 2.24) is 0 Å². The summed E-state index contributed by atoms with van der Waals surface area (Å²) in [6.45, 7) is 13.1. The zero-order chi connectivity index (χ0) is 37.7. The van der Waals surface area contributed by atoms with Crippen molar-refractivity contribution >= 4 is 30.3 Å². The van der Waals surface area contributed by atoms with Crippen LogP contribution < -0.4 is 15.1 Å². The lowest BCUT2D eigenvalue weighted by Gasteiger charge is -2.46. The van der Waals surface area contributed by atoms with Gasteiger partial charge in [-0.2, -0.15) is 0 Å². The molecule has 0 spiro atoms. The Balaban J connectivity index is 1.30. The van der Waals surface area contributed by atoms with Crippen LogP contribution in [-0.2, 0) is 44.9 Å². The predicted octanol–water partition coefficient (Wildman–Crippen LogP) is 10.0. The van der Waals surface area contributed by atoms with Gasteiger partial charge < -0.3 is 23.4 Å². The molecule has 7 heteroatoms. The minimum Gasteiger partial charge on any atom is -0.493 e. The van der Waals surface area contributed by atoms with Gasteiger partial charge >= 0.3 is 0 Å². The number of fused-ring (bicyclic) bond motifs is 1. The van der Waals surface area contributed by atoms with E-state index in [1.54, 1.807) is 0 Å². The number of hydrogen-bond donors (Lipinski definition) is 0. The maximum Gasteiger partial charge on any atom is 0.261 e. The van der Waals surface area contributed by atoms with Gasteiger partial charge in [0, 0.05) is 23.5 Å². The summed E-state index contributed by atoms with van der Waals surface area (Å²) in [6.07, 6.45) is 0.421. The van der Waals surface area contributed by atoms with Gasteiger partial charge in [0.05, 0.1) is 43.7 Å². The molecular formula is C47H53ClO5Si. The second-order valence-electron chi connectivity index (χ2n) is 15.7. The van der Waals surface area contributed by atoms with Crippen LogP contribution in [0, 0.1) is 5.92 Å². The van der Waals surface area contributed by atoms with Gasteiger partial charge in [0.25, 0.3) is 8.32 Å². The Bertz CT molecular complexity index is 1910. The minimum absolute atomic E-state index is 0.0445. The van der Waals surface area contributed by atoms with E-state index in [2.05, 4.69) is 138 Å². The number of rotatable bonds is 13. The van der Waals surface area contributed by atoms with Crippen LogP contribution in [0.3, 0.4) is 0 Å². The lowest BCUT2D eigenvalue weighted by molar-refractivity contribution is -0.235. The zero-order valence-corrected chi connectivity index (χ0v) is 33.9. The third kappa shape index (κ3) is 7.83. The smallest absolute Gasteiger partial charge is 0.261 e. The Morgan fingerprint density at radius 3 is 1.76 bits per heavy atom. The molecule has 0 N–H and O–H groups in total. The fourth-order valence-electron chi connectivity index (χ4n) is 8.45. The summed E-state index contributed by atoms with van der Waals surface area (Å²) in [7, 11) is -2.85. The Hall–Kier alpha value is -3.75. The van der Waals surface area contributed by atoms with E-state index in [4.69, 9.17) is 35.0 Å². The molecule has 7 rings (SSSR count). The molecule has 0 saturated carbocycles. The van der Waals surface area contributed by atoms with Crippen LogP contribution in [0.1, 0.15) is 75.0 Å². The van der Waals surface area contributed by atoms with Crippen molar-refractivity contribution in [1.29, 1.82) is 0 Å². The molecule has 0 aromatic heterocycles. The van der Waals surface area contributed by atoms with Gasteiger partial charge in [0.1, 0.15) is 18.0 Å². The van der Waals surface area contributed by atoms with Gasteiger partial charge in [-0.15, -0.1) is 0 Å². The molecule has 0 amide bonds. The maximum absolute atomic E-state index is 7.45. The Kier molecular flexibility index (Phi) is 12.1. The third-order valence-corrected chi connectivity index (χ3v) is 16.7. The van der Waals surface area contributed by atoms with Crippen LogP contribution in [-0.4, -0.2) is 33.2 Å². The predicted molar refractivity (Wildman–Crippen MR) is 220 cm³/mol. The van der Waals surface area contributed by atoms with E-state index in [0.717, 1.165) is 46.4 Å². The van der Waals surface area contributed by atoms with Crippen LogP contribution in [0.4, 0.5) is 0 Å². The van der Waals surface area contributed by atoms with Crippen LogP contribution in [0.2, 0.25) is 10.1 Å². The largest absolute Gasteiger partial charge is 0.493 e. The van der Waals surface area contributed by atoms with Gasteiger partial charge in [-0.05, 0) is 44.6 Å². The minimum atomic E-state index is -2.85. The van der Waals surface area contributed by atoms with Gasteiger partial charge in [-0.25, -0.2) is 0 Å². The van der Waals surface area contributed by atoms with E-state index < -0.39 is 20.5 Å². The summed E-state index contributed by atoms with van der Waals surface area (Å²) in [5.74, 6) is 0.897. The summed E-state index contributed by atoms with van der Waals surface area (Å²) >= 11 is 7.36. The quantitative estimate of drug-likeness (QED) is 0.112. The monoisotopic (exact) mass is 760 g/mol. The first kappa shape index (κ1) is 38.5. The summed E-state index contributed by atoms with van der Waals surface area (Å²) in [6, 6.07) is 44.3. The fourth-order valence-corrected chi connectivity index (χ4v) is 13.3. The molecule has 2 heterocycles. The average molecular weight is 761 g/mol. The van der Waals surface area contributed by atoms with Crippen molar-refractivity contribution in [3.05, 3.63) is 160 Å². The van der Waals surface area contributed by atoms with E-state index in [0.29, 0.717) is 31.5 Å². The highest BCUT2D eigenvalue weighted by Gasteiger charge is 2.51. The van der Waals surface area contributed by atoms with Crippen LogP contribution in [0.5, 0.6) is 5.75 Å². The molecule has 5 aromatic rings. The van der Waals surface area contributed by atoms with Crippen LogP contribution >= 0.6 is 11.6 Å². The van der Waals surface area contributed by atoms with Gasteiger partial charge in [0.2, 0.25) is 0 Å². The molecule has 5 aromatic carbocycles. The zero-order valence-electron chi connectivity index (χ0n) is 32.2. The Morgan fingerprint density at radius 2 is 1.24 bits per heavy atom. The number of ether oxygens (including phenoxy) is 4. The second-order valence-corrected chi connectivity index (χ2v) is 20.4. The highest BCUT2D eigenvalue weighted by molar-refractivity contribution is 6.99. The molecule has 1 fully saturated rings. The standard InChI is InChI=1S/C47H53ClO5Si/c1-6-41-33(2)43(50-30-34-19-11-7-12-20-34)46(51-31-35-21-13-8-14-22-35)45(53-41)40-29-36(42(48)39-27-28-49-44(39)40)32-52-54(47(3,4)5,37-23-15-9-16-24-37)38-25-17-10-18-26-38/h7-26,29,33,41,43,45-46H,6,27-28,30-32H2,1-5H3/t33-,41-,43+,45?,46-/m1/s1. The summed E-state index contributed by atoms with van der Waals surface area (Å²) in [4.78, 5) is 0. The average Bonchev–Trinajstić information content (AvgIpc) is 3.70. The molecule has 282 valence electrons. The van der Waals surface area contributed by atoms with E-state index in [9.17, 15) is 0 Å². The van der Waals surface area contributed by atoms with Crippen molar-refractivity contribution in [3.63, 3.8) is 0 Å². The summed E-state index contributed by atoms with van der Waals surface area (Å²) in [5, 5.41) is 2.99. The summed E-state index contributed by atoms with van der Waals surface area (Å²) < 4.78 is 34.8. The first-order valence-electron chi connectivity index (χ1n) is 19.4. The molecule has 2 aliphatic heterocycles. The number of halogens is 1. The van der Waals surface area contributed by atoms with Gasteiger partial charge in [-0.1, -0.05) is 168 Å². The molecule has 54 heavy (non-hydrogen) atoms. The molecule has 5 nitrogen and oxygen atoms in total. The van der Waals surface area contributed by atoms with Gasteiger partial charge in [-0.3, -0.25) is 0 Å². The fraction of sp³-hybridized carbons (Fsp3) is 0.362. The van der Waals surface area contributed by atoms with Crippen molar-refractivity contribution in [2.75, 3.05) is 6.61 Å². The lowest BCUT2D eigenvalue weighted by atomic mass is 9.83. The van der Waals surface area contributed by atoms with Crippen LogP contribution in [0.25, 0.3) is 0 Å². The van der Waals surface area contributed by atoms with E-state index in [1.807, 2.05) is 24.3 Å². The van der Waals surface area contributed by atoms with E-state index in [-0.39, 0.29) is 23.2 Å². The molecule has 0 bridgehead atoms. The first-order valence-corrected chi connectivity index (χ1v) is 21.7. The van der Waals surface area contributed by atoms with Crippen molar-refractivity contribution in [2.45, 2.75) is 96.7 Å². The molecule has 1 unspecified atom stereocenters. The summed E-state index contributed by atoms with van der Waals surface area (Å²) in [5.41, 5.74) is 5.11. The van der Waals surface area contributed by atoms with E-state index >= 15 is 0 Å². The van der Waals surface area contributed by atoms with Crippen molar-refractivity contribution in [3.8, 4) is 5.75 Å². The molecule has 0 aliphatic carbocycles. The highest BCUT2D eigenvalue weighted by atomic mass is 35.5. The van der Waals surface area contributed by atoms with Crippen molar-refractivity contribution in [2.24, 2.45) is 5.92 Å². The van der Waals surface area contributed by atoms with Crippen LogP contribution in [0.15, 0.2) is 127 Å². The maximum atomic E-state index is 7.45. The topological polar surface area (TPSA) is 46.2 Å². The number of benzene rings is 5. The molecule has 2 aliphatic rings. The molecular weight excluding hydrogens is 708 g/mol. The van der Waals surface area contributed by atoms with Gasteiger partial charge in [0.15, 0.2) is 0 Å². The normalized spacial score (nSPS) is 21.4. The van der Waals surface area contributed by atoms with E-state index in [1.165, 1.54) is 10.4 Å². The lowest BCUT2D eigenvalue weighted by Crippen LogP contribution is -2.66. The highest BCUT2D eigenvalue weighted by Crippen LogP contribution is 2.48. The number of hydrogen-bond acceptors (Lipinski definition) is 5. The third-order valence-electron chi connectivity index (χ3n) is 11.2. The molecule has 0 radical (unpaired) electrons. The second kappa shape index (κ2) is 16.9. The molecule has 5 atom stereocenters. The first-order chi connectivity index (χ1) is 26.2. The van der Waals surface area contributed by atoms with Crippen molar-refractivity contribution < 1.29 is 23.4 Å². The SMILES string of the molecule is CC[C@H]1OC(c2cc(CO[Si](c3ccccc3)(c3ccccc3)C(C)(C)C)c(Cl)c3c2OCC3)[C@H](OCc2ccccc2)[C@@H](OCc2ccccc2)[C@@H]1C. The Morgan fingerprint density at radius 1 is 0.722 bits per heavy atom. The molecule has 1 saturated heterocycles.